The highest BCUT2D eigenvalue weighted by atomic mass is 127. The van der Waals surface area contributed by atoms with E-state index in [0.717, 1.165) is 9.13 Å². The molecule has 1 N–H and O–H groups in total. The average molecular weight is 451 g/mol. The summed E-state index contributed by atoms with van der Waals surface area (Å²) in [4.78, 5) is 23.6. The standard InChI is InChI=1S/C18H14INO5/c19-13-3-1-2-4-14(13)20-17(21)10-23-18(22)8-6-12-5-7-15-16(9-12)25-11-24-15/h1-9H,10-11H2,(H,20,21)/b8-6+. The van der Waals surface area contributed by atoms with Crippen molar-refractivity contribution in [2.24, 2.45) is 0 Å². The molecule has 1 heterocycles. The lowest BCUT2D eigenvalue weighted by atomic mass is 10.2. The molecule has 128 valence electrons. The van der Waals surface area contributed by atoms with Crippen LogP contribution in [0.5, 0.6) is 11.5 Å². The number of nitrogens with one attached hydrogen (secondary N) is 1. The Kier molecular flexibility index (Phi) is 5.54. The van der Waals surface area contributed by atoms with Gasteiger partial charge in [-0.2, -0.15) is 0 Å². The van der Waals surface area contributed by atoms with Crippen LogP contribution in [-0.2, 0) is 14.3 Å². The molecule has 1 aliphatic rings. The predicted molar refractivity (Wildman–Crippen MR) is 100 cm³/mol. The number of esters is 1. The molecule has 7 heteroatoms. The highest BCUT2D eigenvalue weighted by Crippen LogP contribution is 2.32. The van der Waals surface area contributed by atoms with Crippen LogP contribution >= 0.6 is 22.6 Å². The van der Waals surface area contributed by atoms with Crippen LogP contribution in [0, 0.1) is 3.57 Å². The molecular formula is C18H14INO5. The van der Waals surface area contributed by atoms with Crippen LogP contribution in [-0.4, -0.2) is 25.3 Å². The number of rotatable bonds is 5. The van der Waals surface area contributed by atoms with E-state index in [2.05, 4.69) is 27.9 Å². The molecular weight excluding hydrogens is 437 g/mol. The fourth-order valence-electron chi connectivity index (χ4n) is 2.11. The van der Waals surface area contributed by atoms with E-state index in [9.17, 15) is 9.59 Å². The van der Waals surface area contributed by atoms with Crippen LogP contribution in [0.4, 0.5) is 5.69 Å². The van der Waals surface area contributed by atoms with E-state index in [4.69, 9.17) is 14.2 Å². The van der Waals surface area contributed by atoms with E-state index in [1.165, 1.54) is 6.08 Å². The molecule has 0 saturated heterocycles. The molecule has 1 amide bonds. The average Bonchev–Trinajstić information content (AvgIpc) is 3.08. The fraction of sp³-hybridized carbons (Fsp3) is 0.111. The van der Waals surface area contributed by atoms with Gasteiger partial charge in [0, 0.05) is 9.65 Å². The smallest absolute Gasteiger partial charge is 0.331 e. The summed E-state index contributed by atoms with van der Waals surface area (Å²) >= 11 is 2.11. The SMILES string of the molecule is O=C(COC(=O)/C=C/c1ccc2c(c1)OCO2)Nc1ccccc1I. The molecule has 0 aliphatic carbocycles. The van der Waals surface area contributed by atoms with Gasteiger partial charge in [0.1, 0.15) is 0 Å². The van der Waals surface area contributed by atoms with Gasteiger partial charge in [-0.15, -0.1) is 0 Å². The summed E-state index contributed by atoms with van der Waals surface area (Å²) in [6, 6.07) is 12.7. The Labute approximate surface area is 157 Å². The van der Waals surface area contributed by atoms with Crippen molar-refractivity contribution in [3.05, 3.63) is 57.7 Å². The summed E-state index contributed by atoms with van der Waals surface area (Å²) in [5.41, 5.74) is 1.45. The van der Waals surface area contributed by atoms with Crippen LogP contribution < -0.4 is 14.8 Å². The molecule has 0 spiro atoms. The number of benzene rings is 2. The Balaban J connectivity index is 1.49. The summed E-state index contributed by atoms with van der Waals surface area (Å²) < 4.78 is 16.3. The van der Waals surface area contributed by atoms with Crippen molar-refractivity contribution < 1.29 is 23.8 Å². The lowest BCUT2D eigenvalue weighted by Crippen LogP contribution is -2.20. The van der Waals surface area contributed by atoms with Gasteiger partial charge in [-0.25, -0.2) is 4.79 Å². The highest BCUT2D eigenvalue weighted by molar-refractivity contribution is 14.1. The number of fused-ring (bicyclic) bond motifs is 1. The topological polar surface area (TPSA) is 73.9 Å². The third-order valence-corrected chi connectivity index (χ3v) is 4.24. The number of halogens is 1. The minimum atomic E-state index is -0.601. The number of hydrogen-bond acceptors (Lipinski definition) is 5. The van der Waals surface area contributed by atoms with Crippen molar-refractivity contribution in [1.82, 2.24) is 0 Å². The minimum absolute atomic E-state index is 0.194. The van der Waals surface area contributed by atoms with Gasteiger partial charge in [0.15, 0.2) is 18.1 Å². The van der Waals surface area contributed by atoms with Crippen LogP contribution in [0.15, 0.2) is 48.5 Å². The Bertz CT molecular complexity index is 834. The van der Waals surface area contributed by atoms with E-state index in [1.807, 2.05) is 18.2 Å². The van der Waals surface area contributed by atoms with Gasteiger partial charge in [0.05, 0.1) is 5.69 Å². The molecule has 0 saturated carbocycles. The van der Waals surface area contributed by atoms with Crippen LogP contribution in [0.25, 0.3) is 6.08 Å². The van der Waals surface area contributed by atoms with Crippen molar-refractivity contribution in [2.45, 2.75) is 0 Å². The zero-order chi connectivity index (χ0) is 17.6. The largest absolute Gasteiger partial charge is 0.454 e. The van der Waals surface area contributed by atoms with Gasteiger partial charge in [0.25, 0.3) is 5.91 Å². The van der Waals surface area contributed by atoms with Gasteiger partial charge in [-0.1, -0.05) is 18.2 Å². The molecule has 0 radical (unpaired) electrons. The lowest BCUT2D eigenvalue weighted by Gasteiger charge is -2.07. The first-order valence-electron chi connectivity index (χ1n) is 7.41. The Morgan fingerprint density at radius 2 is 1.96 bits per heavy atom. The van der Waals surface area contributed by atoms with E-state index < -0.39 is 11.9 Å². The van der Waals surface area contributed by atoms with Crippen LogP contribution in [0.1, 0.15) is 5.56 Å². The summed E-state index contributed by atoms with van der Waals surface area (Å²) in [6.07, 6.45) is 2.85. The van der Waals surface area contributed by atoms with Gasteiger partial charge in [-0.3, -0.25) is 4.79 Å². The molecule has 1 aliphatic heterocycles. The van der Waals surface area contributed by atoms with Crippen molar-refractivity contribution in [2.75, 3.05) is 18.7 Å². The van der Waals surface area contributed by atoms with Crippen LogP contribution in [0.2, 0.25) is 0 Å². The molecule has 0 fully saturated rings. The maximum absolute atomic E-state index is 11.8. The first-order chi connectivity index (χ1) is 12.1. The quantitative estimate of drug-likeness (QED) is 0.430. The molecule has 0 unspecified atom stereocenters. The maximum Gasteiger partial charge on any atom is 0.331 e. The molecule has 3 rings (SSSR count). The number of para-hydroxylation sites is 1. The molecule has 25 heavy (non-hydrogen) atoms. The summed E-state index contributed by atoms with van der Waals surface area (Å²) in [6.45, 7) is -0.157. The van der Waals surface area contributed by atoms with Gasteiger partial charge in [0.2, 0.25) is 6.79 Å². The van der Waals surface area contributed by atoms with Crippen molar-refractivity contribution in [3.8, 4) is 11.5 Å². The fourth-order valence-corrected chi connectivity index (χ4v) is 2.64. The zero-order valence-corrected chi connectivity index (χ0v) is 15.2. The first-order valence-corrected chi connectivity index (χ1v) is 8.48. The maximum atomic E-state index is 11.8. The number of carbonyl (C=O) groups is 2. The van der Waals surface area contributed by atoms with Crippen molar-refractivity contribution in [3.63, 3.8) is 0 Å². The molecule has 2 aromatic carbocycles. The summed E-state index contributed by atoms with van der Waals surface area (Å²) in [5, 5.41) is 2.69. The molecule has 0 atom stereocenters. The third-order valence-electron chi connectivity index (χ3n) is 3.30. The number of anilines is 1. The third kappa shape index (κ3) is 4.72. The first kappa shape index (κ1) is 17.3. The monoisotopic (exact) mass is 451 g/mol. The Morgan fingerprint density at radius 1 is 1.16 bits per heavy atom. The van der Waals surface area contributed by atoms with Crippen molar-refractivity contribution in [1.29, 1.82) is 0 Å². The van der Waals surface area contributed by atoms with E-state index >= 15 is 0 Å². The second-order valence-corrected chi connectivity index (χ2v) is 6.24. The van der Waals surface area contributed by atoms with Crippen molar-refractivity contribution >= 4 is 46.2 Å². The number of ether oxygens (including phenoxy) is 3. The number of amides is 1. The molecule has 6 nitrogen and oxygen atoms in total. The Hall–Kier alpha value is -2.55. The second-order valence-electron chi connectivity index (χ2n) is 5.08. The normalized spacial score (nSPS) is 12.2. The molecule has 2 aromatic rings. The number of carbonyl (C=O) groups excluding carboxylic acids is 2. The Morgan fingerprint density at radius 3 is 2.80 bits per heavy atom. The van der Waals surface area contributed by atoms with Crippen LogP contribution in [0.3, 0.4) is 0 Å². The predicted octanol–water partition coefficient (Wildman–Crippen LogP) is 3.22. The number of hydrogen-bond donors (Lipinski definition) is 1. The lowest BCUT2D eigenvalue weighted by molar-refractivity contribution is -0.142. The van der Waals surface area contributed by atoms with Gasteiger partial charge >= 0.3 is 5.97 Å². The summed E-state index contributed by atoms with van der Waals surface area (Å²) in [7, 11) is 0. The van der Waals surface area contributed by atoms with E-state index in [1.54, 1.807) is 30.3 Å². The minimum Gasteiger partial charge on any atom is -0.454 e. The van der Waals surface area contributed by atoms with E-state index in [-0.39, 0.29) is 13.4 Å². The zero-order valence-electron chi connectivity index (χ0n) is 13.0. The van der Waals surface area contributed by atoms with E-state index in [0.29, 0.717) is 17.2 Å². The summed E-state index contributed by atoms with van der Waals surface area (Å²) in [5.74, 6) is 0.309. The van der Waals surface area contributed by atoms with Gasteiger partial charge < -0.3 is 19.5 Å². The molecule has 0 aromatic heterocycles. The molecule has 0 bridgehead atoms. The van der Waals surface area contributed by atoms with Gasteiger partial charge in [-0.05, 0) is 58.5 Å². The highest BCUT2D eigenvalue weighted by Gasteiger charge is 2.12. The second kappa shape index (κ2) is 8.02.